The molecule has 0 atom stereocenters. The van der Waals surface area contributed by atoms with Crippen LogP contribution in [-0.4, -0.2) is 18.4 Å². The molecule has 84 valence electrons. The fourth-order valence-electron chi connectivity index (χ4n) is 1.55. The number of rotatable bonds is 2. The number of hydrogen-bond donors (Lipinski definition) is 1. The van der Waals surface area contributed by atoms with Crippen LogP contribution in [0, 0.1) is 0 Å². The van der Waals surface area contributed by atoms with Crippen molar-refractivity contribution in [3.63, 3.8) is 0 Å². The van der Waals surface area contributed by atoms with E-state index in [9.17, 15) is 9.59 Å². The Labute approximate surface area is 93.0 Å². The van der Waals surface area contributed by atoms with Crippen LogP contribution >= 0.6 is 0 Å². The van der Waals surface area contributed by atoms with Gasteiger partial charge in [-0.1, -0.05) is 6.07 Å². The number of carbonyl (C=O) groups excluding carboxylic acids is 2. The molecule has 2 rings (SSSR count). The third kappa shape index (κ3) is 2.31. The first-order chi connectivity index (χ1) is 7.65. The minimum Gasteiger partial charge on any atom is -0.427 e. The Kier molecular flexibility index (Phi) is 2.76. The standard InChI is InChI=1S/C11H12N2O3/c1-8(14)16-10-4-2-3-9(7-10)13-6-5-11(15)12-13/h2-4,7H,5-6H2,1H3,(H,12,15). The second-order valence-corrected chi connectivity index (χ2v) is 3.53. The van der Waals surface area contributed by atoms with Crippen molar-refractivity contribution in [1.29, 1.82) is 0 Å². The van der Waals surface area contributed by atoms with Crippen LogP contribution in [0.25, 0.3) is 0 Å². The number of carbonyl (C=O) groups is 2. The molecule has 1 heterocycles. The van der Waals surface area contributed by atoms with Gasteiger partial charge >= 0.3 is 5.97 Å². The summed E-state index contributed by atoms with van der Waals surface area (Å²) >= 11 is 0. The Bertz CT molecular complexity index is 431. The fraction of sp³-hybridized carbons (Fsp3) is 0.273. The molecule has 16 heavy (non-hydrogen) atoms. The van der Waals surface area contributed by atoms with Crippen LogP contribution < -0.4 is 15.2 Å². The van der Waals surface area contributed by atoms with Gasteiger partial charge in [0.15, 0.2) is 0 Å². The number of nitrogens with one attached hydrogen (secondary N) is 1. The molecule has 1 fully saturated rings. The number of hydrazine groups is 1. The average molecular weight is 220 g/mol. The molecule has 1 aromatic carbocycles. The van der Waals surface area contributed by atoms with Gasteiger partial charge < -0.3 is 4.74 Å². The van der Waals surface area contributed by atoms with Crippen LogP contribution in [0.4, 0.5) is 5.69 Å². The van der Waals surface area contributed by atoms with Crippen molar-refractivity contribution < 1.29 is 14.3 Å². The molecule has 0 spiro atoms. The number of nitrogens with zero attached hydrogens (tertiary/aromatic N) is 1. The van der Waals surface area contributed by atoms with Gasteiger partial charge in [0, 0.05) is 26.0 Å². The molecule has 5 nitrogen and oxygen atoms in total. The summed E-state index contributed by atoms with van der Waals surface area (Å²) in [4.78, 5) is 21.8. The number of anilines is 1. The highest BCUT2D eigenvalue weighted by atomic mass is 16.5. The summed E-state index contributed by atoms with van der Waals surface area (Å²) in [5.74, 6) is 0.117. The van der Waals surface area contributed by atoms with E-state index in [2.05, 4.69) is 5.43 Å². The number of amides is 1. The maximum atomic E-state index is 11.1. The molecule has 0 saturated carbocycles. The SMILES string of the molecule is CC(=O)Oc1cccc(N2CCC(=O)N2)c1. The average Bonchev–Trinajstić information content (AvgIpc) is 2.64. The largest absolute Gasteiger partial charge is 0.427 e. The third-order valence-corrected chi connectivity index (χ3v) is 2.21. The maximum Gasteiger partial charge on any atom is 0.308 e. The van der Waals surface area contributed by atoms with E-state index in [0.717, 1.165) is 5.69 Å². The molecular weight excluding hydrogens is 208 g/mol. The highest BCUT2D eigenvalue weighted by molar-refractivity contribution is 5.81. The second kappa shape index (κ2) is 4.22. The van der Waals surface area contributed by atoms with Crippen LogP contribution in [0.2, 0.25) is 0 Å². The molecule has 5 heteroatoms. The predicted octanol–water partition coefficient (Wildman–Crippen LogP) is 0.853. The highest BCUT2D eigenvalue weighted by Crippen LogP contribution is 2.21. The Morgan fingerprint density at radius 3 is 2.94 bits per heavy atom. The van der Waals surface area contributed by atoms with Crippen molar-refractivity contribution in [2.75, 3.05) is 11.6 Å². The highest BCUT2D eigenvalue weighted by Gasteiger charge is 2.18. The van der Waals surface area contributed by atoms with E-state index in [1.165, 1.54) is 6.92 Å². The summed E-state index contributed by atoms with van der Waals surface area (Å²) in [6.45, 7) is 1.98. The normalized spacial score (nSPS) is 14.8. The van der Waals surface area contributed by atoms with E-state index in [4.69, 9.17) is 4.74 Å². The summed E-state index contributed by atoms with van der Waals surface area (Å²) in [6.07, 6.45) is 0.484. The molecule has 0 radical (unpaired) electrons. The first-order valence-electron chi connectivity index (χ1n) is 5.00. The molecule has 0 aliphatic carbocycles. The lowest BCUT2D eigenvalue weighted by molar-refractivity contribution is -0.131. The van der Waals surface area contributed by atoms with E-state index in [1.54, 1.807) is 23.2 Å². The summed E-state index contributed by atoms with van der Waals surface area (Å²) in [5, 5.41) is 1.73. The van der Waals surface area contributed by atoms with Gasteiger partial charge in [-0.25, -0.2) is 0 Å². The number of benzene rings is 1. The topological polar surface area (TPSA) is 58.6 Å². The number of esters is 1. The zero-order valence-corrected chi connectivity index (χ0v) is 8.90. The van der Waals surface area contributed by atoms with Crippen molar-refractivity contribution in [2.24, 2.45) is 0 Å². The molecule has 0 unspecified atom stereocenters. The Balaban J connectivity index is 2.15. The van der Waals surface area contributed by atoms with E-state index in [-0.39, 0.29) is 11.9 Å². The van der Waals surface area contributed by atoms with Gasteiger partial charge in [0.25, 0.3) is 0 Å². The first-order valence-corrected chi connectivity index (χ1v) is 5.00. The van der Waals surface area contributed by atoms with Crippen LogP contribution in [0.3, 0.4) is 0 Å². The van der Waals surface area contributed by atoms with Crippen LogP contribution in [0.5, 0.6) is 5.75 Å². The van der Waals surface area contributed by atoms with E-state index >= 15 is 0 Å². The zero-order valence-electron chi connectivity index (χ0n) is 8.90. The zero-order chi connectivity index (χ0) is 11.5. The van der Waals surface area contributed by atoms with Crippen LogP contribution in [0.1, 0.15) is 13.3 Å². The first kappa shape index (κ1) is 10.5. The van der Waals surface area contributed by atoms with Crippen LogP contribution in [0.15, 0.2) is 24.3 Å². The lowest BCUT2D eigenvalue weighted by atomic mass is 10.3. The predicted molar refractivity (Wildman–Crippen MR) is 57.9 cm³/mol. The quantitative estimate of drug-likeness (QED) is 0.593. The molecule has 1 amide bonds. The lowest BCUT2D eigenvalue weighted by Crippen LogP contribution is -2.32. The molecule has 1 saturated heterocycles. The summed E-state index contributed by atoms with van der Waals surface area (Å²) < 4.78 is 4.96. The molecule has 1 N–H and O–H groups in total. The lowest BCUT2D eigenvalue weighted by Gasteiger charge is -2.17. The maximum absolute atomic E-state index is 11.1. The van der Waals surface area contributed by atoms with Gasteiger partial charge in [0.2, 0.25) is 5.91 Å². The van der Waals surface area contributed by atoms with E-state index in [0.29, 0.717) is 18.7 Å². The molecule has 0 bridgehead atoms. The summed E-state index contributed by atoms with van der Waals surface area (Å²) in [7, 11) is 0. The van der Waals surface area contributed by atoms with Gasteiger partial charge in [-0.3, -0.25) is 20.0 Å². The van der Waals surface area contributed by atoms with Gasteiger partial charge in [-0.05, 0) is 12.1 Å². The number of hydrogen-bond acceptors (Lipinski definition) is 4. The molecule has 0 aromatic heterocycles. The van der Waals surface area contributed by atoms with Crippen molar-refractivity contribution in [3.05, 3.63) is 24.3 Å². The molecule has 1 aliphatic heterocycles. The van der Waals surface area contributed by atoms with Gasteiger partial charge in [0.05, 0.1) is 5.69 Å². The Morgan fingerprint density at radius 2 is 2.31 bits per heavy atom. The van der Waals surface area contributed by atoms with Crippen LogP contribution in [-0.2, 0) is 9.59 Å². The summed E-state index contributed by atoms with van der Waals surface area (Å²) in [6, 6.07) is 7.03. The smallest absolute Gasteiger partial charge is 0.308 e. The Morgan fingerprint density at radius 1 is 1.50 bits per heavy atom. The summed E-state index contributed by atoms with van der Waals surface area (Å²) in [5.41, 5.74) is 3.51. The third-order valence-electron chi connectivity index (χ3n) is 2.21. The van der Waals surface area contributed by atoms with Gasteiger partial charge in [0.1, 0.15) is 5.75 Å². The Hall–Kier alpha value is -2.04. The van der Waals surface area contributed by atoms with Crippen molar-refractivity contribution in [3.8, 4) is 5.75 Å². The van der Waals surface area contributed by atoms with E-state index in [1.807, 2.05) is 6.07 Å². The van der Waals surface area contributed by atoms with Crippen molar-refractivity contribution >= 4 is 17.6 Å². The monoisotopic (exact) mass is 220 g/mol. The van der Waals surface area contributed by atoms with Gasteiger partial charge in [-0.15, -0.1) is 0 Å². The second-order valence-electron chi connectivity index (χ2n) is 3.53. The fourth-order valence-corrected chi connectivity index (χ4v) is 1.55. The van der Waals surface area contributed by atoms with Crippen molar-refractivity contribution in [1.82, 2.24) is 5.43 Å². The molecule has 1 aromatic rings. The molecule has 1 aliphatic rings. The number of ether oxygens (including phenoxy) is 1. The minimum absolute atomic E-state index is 0.00195. The minimum atomic E-state index is -0.359. The molecular formula is C11H12N2O3. The van der Waals surface area contributed by atoms with Gasteiger partial charge in [-0.2, -0.15) is 0 Å². The van der Waals surface area contributed by atoms with E-state index < -0.39 is 0 Å². The van der Waals surface area contributed by atoms with Crippen molar-refractivity contribution in [2.45, 2.75) is 13.3 Å².